The Morgan fingerprint density at radius 2 is 2.06 bits per heavy atom. The number of amides is 1. The van der Waals surface area contributed by atoms with E-state index in [2.05, 4.69) is 0 Å². The maximum atomic E-state index is 12.3. The fourth-order valence-corrected chi connectivity index (χ4v) is 2.67. The van der Waals surface area contributed by atoms with E-state index >= 15 is 0 Å². The van der Waals surface area contributed by atoms with E-state index in [9.17, 15) is 22.8 Å². The first-order valence-electron chi connectivity index (χ1n) is 5.43. The third-order valence-electron chi connectivity index (χ3n) is 3.61. The lowest BCUT2D eigenvalue weighted by molar-refractivity contribution is -0.184. The molecule has 2 heterocycles. The number of carbonyl (C=O) groups excluding carboxylic acids is 1. The van der Waals surface area contributed by atoms with Gasteiger partial charge in [0, 0.05) is 25.1 Å². The number of aliphatic carboxylic acids is 1. The molecule has 2 aliphatic rings. The summed E-state index contributed by atoms with van der Waals surface area (Å²) >= 11 is 0. The van der Waals surface area contributed by atoms with Crippen LogP contribution in [0.5, 0.6) is 0 Å². The van der Waals surface area contributed by atoms with Crippen LogP contribution >= 0.6 is 0 Å². The molecule has 0 bridgehead atoms. The number of halogens is 3. The lowest BCUT2D eigenvalue weighted by Crippen LogP contribution is -2.41. The fourth-order valence-electron chi connectivity index (χ4n) is 2.67. The zero-order valence-corrected chi connectivity index (χ0v) is 9.37. The van der Waals surface area contributed by atoms with Gasteiger partial charge < -0.3 is 14.7 Å². The number of hydrogen-bond donors (Lipinski definition) is 1. The molecule has 0 aromatic heterocycles. The molecule has 0 aliphatic carbocycles. The van der Waals surface area contributed by atoms with Gasteiger partial charge in [0.05, 0.1) is 12.5 Å². The standard InChI is InChI=1S/C10H12F3NO4/c11-10(12,13)8(17)14-3-6(7(15)16)9(4-14)1-2-18-5-9/h6H,1-5H2,(H,15,16). The van der Waals surface area contributed by atoms with Gasteiger partial charge in [-0.3, -0.25) is 9.59 Å². The first-order chi connectivity index (χ1) is 8.26. The molecule has 0 radical (unpaired) electrons. The van der Waals surface area contributed by atoms with Gasteiger partial charge in [0.15, 0.2) is 0 Å². The van der Waals surface area contributed by atoms with E-state index in [1.165, 1.54) is 0 Å². The number of carbonyl (C=O) groups is 2. The maximum Gasteiger partial charge on any atom is 0.471 e. The summed E-state index contributed by atoms with van der Waals surface area (Å²) in [6.45, 7) is -0.206. The van der Waals surface area contributed by atoms with Crippen LogP contribution < -0.4 is 0 Å². The van der Waals surface area contributed by atoms with Crippen LogP contribution in [0.25, 0.3) is 0 Å². The molecule has 2 fully saturated rings. The highest BCUT2D eigenvalue weighted by atomic mass is 19.4. The van der Waals surface area contributed by atoms with E-state index in [0.717, 1.165) is 0 Å². The first-order valence-corrected chi connectivity index (χ1v) is 5.43. The summed E-state index contributed by atoms with van der Waals surface area (Å²) in [7, 11) is 0. The zero-order chi connectivity index (χ0) is 13.6. The van der Waals surface area contributed by atoms with Crippen LogP contribution in [0.15, 0.2) is 0 Å². The molecule has 2 unspecified atom stereocenters. The number of rotatable bonds is 1. The van der Waals surface area contributed by atoms with E-state index in [-0.39, 0.29) is 13.2 Å². The number of carboxylic acid groups (broad SMARTS) is 1. The van der Waals surface area contributed by atoms with Crippen LogP contribution in [0, 0.1) is 11.3 Å². The molecule has 1 amide bonds. The number of hydrogen-bond acceptors (Lipinski definition) is 3. The molecule has 18 heavy (non-hydrogen) atoms. The Balaban J connectivity index is 2.20. The van der Waals surface area contributed by atoms with Crippen molar-refractivity contribution in [2.24, 2.45) is 11.3 Å². The molecule has 0 aromatic carbocycles. The Morgan fingerprint density at radius 1 is 1.39 bits per heavy atom. The molecule has 0 saturated carbocycles. The van der Waals surface area contributed by atoms with Crippen molar-refractivity contribution in [1.82, 2.24) is 4.90 Å². The Labute approximate surface area is 100 Å². The zero-order valence-electron chi connectivity index (χ0n) is 9.37. The molecule has 8 heteroatoms. The van der Waals surface area contributed by atoms with Crippen LogP contribution in [-0.2, 0) is 14.3 Å². The minimum Gasteiger partial charge on any atom is -0.481 e. The average Bonchev–Trinajstić information content (AvgIpc) is 2.85. The molecule has 5 nitrogen and oxygen atoms in total. The molecule has 2 atom stereocenters. The van der Waals surface area contributed by atoms with E-state index in [0.29, 0.717) is 17.9 Å². The summed E-state index contributed by atoms with van der Waals surface area (Å²) < 4.78 is 42.1. The lowest BCUT2D eigenvalue weighted by atomic mass is 9.77. The summed E-state index contributed by atoms with van der Waals surface area (Å²) in [5, 5.41) is 9.07. The second kappa shape index (κ2) is 4.11. The van der Waals surface area contributed by atoms with Gasteiger partial charge in [0.1, 0.15) is 0 Å². The highest BCUT2D eigenvalue weighted by molar-refractivity contribution is 5.83. The smallest absolute Gasteiger partial charge is 0.471 e. The van der Waals surface area contributed by atoms with E-state index in [1.54, 1.807) is 0 Å². The van der Waals surface area contributed by atoms with E-state index < -0.39 is 35.9 Å². The average molecular weight is 267 g/mol. The summed E-state index contributed by atoms with van der Waals surface area (Å²) in [5.74, 6) is -4.15. The Morgan fingerprint density at radius 3 is 2.50 bits per heavy atom. The van der Waals surface area contributed by atoms with E-state index in [1.807, 2.05) is 0 Å². The molecule has 0 aromatic rings. The number of alkyl halides is 3. The second-order valence-corrected chi connectivity index (χ2v) is 4.74. The summed E-state index contributed by atoms with van der Waals surface area (Å²) in [6.07, 6.45) is -4.60. The number of carboxylic acids is 1. The molecule has 1 N–H and O–H groups in total. The van der Waals surface area contributed by atoms with Crippen LogP contribution in [-0.4, -0.2) is 54.4 Å². The summed E-state index contributed by atoms with van der Waals surface area (Å²) in [5.41, 5.74) is -0.868. The van der Waals surface area contributed by atoms with Gasteiger partial charge in [0.2, 0.25) is 0 Å². The van der Waals surface area contributed by atoms with Gasteiger partial charge in [-0.05, 0) is 6.42 Å². The molecule has 2 rings (SSSR count). The van der Waals surface area contributed by atoms with Crippen molar-refractivity contribution in [2.75, 3.05) is 26.3 Å². The Hall–Kier alpha value is -1.31. The predicted molar refractivity (Wildman–Crippen MR) is 51.6 cm³/mol. The lowest BCUT2D eigenvalue weighted by Gasteiger charge is -2.25. The maximum absolute atomic E-state index is 12.3. The van der Waals surface area contributed by atoms with Crippen molar-refractivity contribution in [3.8, 4) is 0 Å². The predicted octanol–water partition coefficient (Wildman–Crippen LogP) is 0.498. The number of ether oxygens (including phenoxy) is 1. The van der Waals surface area contributed by atoms with Crippen molar-refractivity contribution in [3.63, 3.8) is 0 Å². The molecular formula is C10H12F3NO4. The van der Waals surface area contributed by atoms with E-state index in [4.69, 9.17) is 9.84 Å². The first kappa shape index (κ1) is 13.1. The van der Waals surface area contributed by atoms with Crippen LogP contribution in [0.3, 0.4) is 0 Å². The summed E-state index contributed by atoms with van der Waals surface area (Å²) in [6, 6.07) is 0. The van der Waals surface area contributed by atoms with Crippen molar-refractivity contribution >= 4 is 11.9 Å². The van der Waals surface area contributed by atoms with Crippen molar-refractivity contribution in [2.45, 2.75) is 12.6 Å². The highest BCUT2D eigenvalue weighted by Gasteiger charge is 2.56. The van der Waals surface area contributed by atoms with Crippen molar-refractivity contribution in [3.05, 3.63) is 0 Å². The van der Waals surface area contributed by atoms with Crippen LogP contribution in [0.1, 0.15) is 6.42 Å². The highest BCUT2D eigenvalue weighted by Crippen LogP contribution is 2.43. The quantitative estimate of drug-likeness (QED) is 0.751. The van der Waals surface area contributed by atoms with Crippen LogP contribution in [0.4, 0.5) is 13.2 Å². The van der Waals surface area contributed by atoms with Gasteiger partial charge in [-0.2, -0.15) is 13.2 Å². The fraction of sp³-hybridized carbons (Fsp3) is 0.800. The SMILES string of the molecule is O=C(O)C1CN(C(=O)C(F)(F)F)CC12CCOC2. The van der Waals surface area contributed by atoms with Crippen molar-refractivity contribution < 1.29 is 32.6 Å². The van der Waals surface area contributed by atoms with Gasteiger partial charge in [-0.25, -0.2) is 0 Å². The molecular weight excluding hydrogens is 255 g/mol. The molecule has 2 saturated heterocycles. The largest absolute Gasteiger partial charge is 0.481 e. The third kappa shape index (κ3) is 2.05. The molecule has 2 aliphatic heterocycles. The van der Waals surface area contributed by atoms with Crippen molar-refractivity contribution in [1.29, 1.82) is 0 Å². The minimum absolute atomic E-state index is 0.0889. The Kier molecular flexibility index (Phi) is 3.00. The number of likely N-dealkylation sites (tertiary alicyclic amines) is 1. The topological polar surface area (TPSA) is 66.8 Å². The van der Waals surface area contributed by atoms with Gasteiger partial charge in [-0.15, -0.1) is 0 Å². The van der Waals surface area contributed by atoms with Gasteiger partial charge in [-0.1, -0.05) is 0 Å². The minimum atomic E-state index is -4.96. The third-order valence-corrected chi connectivity index (χ3v) is 3.61. The molecule has 1 spiro atoms. The summed E-state index contributed by atoms with van der Waals surface area (Å²) in [4.78, 5) is 22.8. The van der Waals surface area contributed by atoms with Gasteiger partial charge >= 0.3 is 18.1 Å². The Bertz CT molecular complexity index is 376. The number of nitrogens with zero attached hydrogens (tertiary/aromatic N) is 1. The second-order valence-electron chi connectivity index (χ2n) is 4.74. The molecule has 102 valence electrons. The normalized spacial score (nSPS) is 32.2. The van der Waals surface area contributed by atoms with Crippen LogP contribution in [0.2, 0.25) is 0 Å². The monoisotopic (exact) mass is 267 g/mol. The van der Waals surface area contributed by atoms with Gasteiger partial charge in [0.25, 0.3) is 0 Å².